The summed E-state index contributed by atoms with van der Waals surface area (Å²) in [7, 11) is 0. The van der Waals surface area contributed by atoms with E-state index in [2.05, 4.69) is 10.1 Å². The van der Waals surface area contributed by atoms with Crippen molar-refractivity contribution in [2.45, 2.75) is 19.3 Å². The van der Waals surface area contributed by atoms with Gasteiger partial charge in [0.25, 0.3) is 11.6 Å². The fourth-order valence-corrected chi connectivity index (χ4v) is 4.31. The zero-order valence-electron chi connectivity index (χ0n) is 14.3. The number of carboxylic acids is 1. The summed E-state index contributed by atoms with van der Waals surface area (Å²) in [6, 6.07) is 4.15. The quantitative estimate of drug-likeness (QED) is 0.636. The van der Waals surface area contributed by atoms with Gasteiger partial charge in [-0.2, -0.15) is 5.10 Å². The van der Waals surface area contributed by atoms with Gasteiger partial charge in [0.2, 0.25) is 0 Å². The van der Waals surface area contributed by atoms with Crippen molar-refractivity contribution >= 4 is 17.6 Å². The van der Waals surface area contributed by atoms with Crippen molar-refractivity contribution in [3.63, 3.8) is 0 Å². The molecule has 1 aromatic heterocycles. The van der Waals surface area contributed by atoms with Gasteiger partial charge in [0.1, 0.15) is 18.3 Å². The first kappa shape index (κ1) is 17.1. The van der Waals surface area contributed by atoms with Crippen molar-refractivity contribution in [2.24, 2.45) is 11.3 Å². The van der Waals surface area contributed by atoms with E-state index in [4.69, 9.17) is 0 Å². The van der Waals surface area contributed by atoms with Gasteiger partial charge in [0.05, 0.1) is 10.3 Å². The molecule has 1 aliphatic carbocycles. The minimum atomic E-state index is -0.887. The molecular weight excluding hydrogens is 354 g/mol. The van der Waals surface area contributed by atoms with Gasteiger partial charge in [-0.3, -0.25) is 19.7 Å². The fourth-order valence-electron chi connectivity index (χ4n) is 4.31. The van der Waals surface area contributed by atoms with Gasteiger partial charge in [-0.05, 0) is 30.9 Å². The first-order chi connectivity index (χ1) is 12.9. The topological polar surface area (TPSA) is 131 Å². The maximum atomic E-state index is 12.9. The van der Waals surface area contributed by atoms with Crippen LogP contribution >= 0.6 is 0 Å². The molecule has 2 aliphatic rings. The van der Waals surface area contributed by atoms with Crippen LogP contribution in [0.1, 0.15) is 29.6 Å². The lowest BCUT2D eigenvalue weighted by Gasteiger charge is -2.23. The Kier molecular flexibility index (Phi) is 3.90. The standard InChI is InChI=1S/C17H17N5O5/c23-15(20-7-12-2-1-5-17(12,8-20)16(24)25)11-3-4-13(14(6-11)22(26)27)21-10-18-9-19-21/h3-4,6,9-10,12H,1-2,5,7-8H2,(H,24,25)/t12-,17+/m0/s1. The molecule has 1 saturated carbocycles. The van der Waals surface area contributed by atoms with Crippen LogP contribution in [0.15, 0.2) is 30.9 Å². The second kappa shape index (κ2) is 6.15. The van der Waals surface area contributed by atoms with Crippen LogP contribution in [0.25, 0.3) is 5.69 Å². The minimum Gasteiger partial charge on any atom is -0.481 e. The number of carbonyl (C=O) groups excluding carboxylic acids is 1. The Morgan fingerprint density at radius 2 is 2.19 bits per heavy atom. The summed E-state index contributed by atoms with van der Waals surface area (Å²) in [4.78, 5) is 40.8. The van der Waals surface area contributed by atoms with Crippen LogP contribution in [0.4, 0.5) is 5.69 Å². The Morgan fingerprint density at radius 3 is 2.81 bits per heavy atom. The molecule has 10 nitrogen and oxygen atoms in total. The molecule has 2 heterocycles. The van der Waals surface area contributed by atoms with Gasteiger partial charge in [-0.15, -0.1) is 0 Å². The number of nitro groups is 1. The number of nitrogens with zero attached hydrogens (tertiary/aromatic N) is 5. The molecular formula is C17H17N5O5. The number of benzene rings is 1. The van der Waals surface area contributed by atoms with Crippen LogP contribution in [0.2, 0.25) is 0 Å². The molecule has 0 unspecified atom stereocenters. The number of hydrogen-bond donors (Lipinski definition) is 1. The number of carbonyl (C=O) groups is 2. The number of amides is 1. The highest BCUT2D eigenvalue weighted by Crippen LogP contribution is 2.49. The number of fused-ring (bicyclic) bond motifs is 1. The summed E-state index contributed by atoms with van der Waals surface area (Å²) in [5, 5.41) is 25.0. The number of hydrogen-bond acceptors (Lipinski definition) is 6. The Hall–Kier alpha value is -3.30. The van der Waals surface area contributed by atoms with Crippen LogP contribution in [-0.4, -0.2) is 54.7 Å². The van der Waals surface area contributed by atoms with Gasteiger partial charge in [-0.1, -0.05) is 6.42 Å². The Labute approximate surface area is 153 Å². The van der Waals surface area contributed by atoms with Crippen molar-refractivity contribution in [2.75, 3.05) is 13.1 Å². The third-order valence-electron chi connectivity index (χ3n) is 5.67. The first-order valence-electron chi connectivity index (χ1n) is 8.58. The predicted molar refractivity (Wildman–Crippen MR) is 91.3 cm³/mol. The lowest BCUT2D eigenvalue weighted by atomic mass is 9.81. The second-order valence-corrected chi connectivity index (χ2v) is 7.04. The van der Waals surface area contributed by atoms with Crippen molar-refractivity contribution in [3.8, 4) is 5.69 Å². The lowest BCUT2D eigenvalue weighted by Crippen LogP contribution is -2.37. The molecule has 2 atom stereocenters. The van der Waals surface area contributed by atoms with Crippen LogP contribution in [0, 0.1) is 21.4 Å². The van der Waals surface area contributed by atoms with Crippen LogP contribution in [0.3, 0.4) is 0 Å². The summed E-state index contributed by atoms with van der Waals surface area (Å²) >= 11 is 0. The fraction of sp³-hybridized carbons (Fsp3) is 0.412. The summed E-state index contributed by atoms with van der Waals surface area (Å²) in [5.41, 5.74) is -0.790. The molecule has 2 fully saturated rings. The number of aliphatic carboxylic acids is 1. The molecule has 0 radical (unpaired) electrons. The van der Waals surface area contributed by atoms with Gasteiger partial charge in [0.15, 0.2) is 0 Å². The highest BCUT2D eigenvalue weighted by atomic mass is 16.6. The van der Waals surface area contributed by atoms with Gasteiger partial charge < -0.3 is 10.0 Å². The van der Waals surface area contributed by atoms with Gasteiger partial charge in [0, 0.05) is 24.7 Å². The summed E-state index contributed by atoms with van der Waals surface area (Å²) in [5.74, 6) is -1.32. The SMILES string of the molecule is O=C(c1ccc(-n2cncn2)c([N+](=O)[O-])c1)N1C[C@@H]2CCC[C@@]2(C(=O)O)C1. The highest BCUT2D eigenvalue weighted by Gasteiger charge is 2.55. The van der Waals surface area contributed by atoms with Gasteiger partial charge >= 0.3 is 5.97 Å². The second-order valence-electron chi connectivity index (χ2n) is 7.04. The maximum absolute atomic E-state index is 12.9. The molecule has 140 valence electrons. The average molecular weight is 371 g/mol. The van der Waals surface area contributed by atoms with Crippen molar-refractivity contribution in [3.05, 3.63) is 46.5 Å². The zero-order valence-corrected chi connectivity index (χ0v) is 14.3. The van der Waals surface area contributed by atoms with E-state index in [0.717, 1.165) is 12.8 Å². The summed E-state index contributed by atoms with van der Waals surface area (Å²) in [6.45, 7) is 0.508. The summed E-state index contributed by atoms with van der Waals surface area (Å²) in [6.07, 6.45) is 4.78. The molecule has 2 aromatic rings. The molecule has 0 bridgehead atoms. The van der Waals surface area contributed by atoms with Crippen LogP contribution in [-0.2, 0) is 4.79 Å². The molecule has 1 amide bonds. The predicted octanol–water partition coefficient (Wildman–Crippen LogP) is 1.50. The van der Waals surface area contributed by atoms with E-state index in [1.807, 2.05) is 0 Å². The van der Waals surface area contributed by atoms with Crippen molar-refractivity contribution in [1.29, 1.82) is 0 Å². The van der Waals surface area contributed by atoms with E-state index in [1.54, 1.807) is 0 Å². The normalized spacial score (nSPS) is 24.0. The van der Waals surface area contributed by atoms with E-state index in [-0.39, 0.29) is 29.4 Å². The number of nitro benzene ring substituents is 1. The first-order valence-corrected chi connectivity index (χ1v) is 8.58. The molecule has 10 heteroatoms. The Balaban J connectivity index is 1.64. The number of likely N-dealkylation sites (tertiary alicyclic amines) is 1. The molecule has 1 aromatic carbocycles. The van der Waals surface area contributed by atoms with Crippen LogP contribution in [0.5, 0.6) is 0 Å². The van der Waals surface area contributed by atoms with Crippen molar-refractivity contribution < 1.29 is 19.6 Å². The summed E-state index contributed by atoms with van der Waals surface area (Å²) < 4.78 is 1.26. The third-order valence-corrected chi connectivity index (χ3v) is 5.67. The number of rotatable bonds is 4. The average Bonchev–Trinajstić information content (AvgIpc) is 3.36. The largest absolute Gasteiger partial charge is 0.481 e. The van der Waals surface area contributed by atoms with E-state index in [9.17, 15) is 24.8 Å². The molecule has 1 aliphatic heterocycles. The Bertz CT molecular complexity index is 928. The zero-order chi connectivity index (χ0) is 19.2. The monoisotopic (exact) mass is 371 g/mol. The third kappa shape index (κ3) is 2.64. The van der Waals surface area contributed by atoms with E-state index < -0.39 is 22.2 Å². The van der Waals surface area contributed by atoms with E-state index >= 15 is 0 Å². The molecule has 0 spiro atoms. The minimum absolute atomic E-state index is 0.0663. The smallest absolute Gasteiger partial charge is 0.311 e. The lowest BCUT2D eigenvalue weighted by molar-refractivity contribution is -0.384. The van der Waals surface area contributed by atoms with Crippen molar-refractivity contribution in [1.82, 2.24) is 19.7 Å². The van der Waals surface area contributed by atoms with E-state index in [1.165, 1.54) is 40.4 Å². The number of aromatic nitrogens is 3. The number of carboxylic acid groups (broad SMARTS) is 1. The van der Waals surface area contributed by atoms with Crippen LogP contribution < -0.4 is 0 Å². The molecule has 1 saturated heterocycles. The molecule has 1 N–H and O–H groups in total. The highest BCUT2D eigenvalue weighted by molar-refractivity contribution is 5.96. The molecule has 27 heavy (non-hydrogen) atoms. The molecule has 4 rings (SSSR count). The van der Waals surface area contributed by atoms with E-state index in [0.29, 0.717) is 13.0 Å². The maximum Gasteiger partial charge on any atom is 0.311 e. The van der Waals surface area contributed by atoms with Gasteiger partial charge in [-0.25, -0.2) is 9.67 Å². The Morgan fingerprint density at radius 1 is 1.37 bits per heavy atom.